The molecule has 1 heterocycles. The molecule has 22 heavy (non-hydrogen) atoms. The molecule has 2 rings (SSSR count). The molecule has 1 aromatic heterocycles. The van der Waals surface area contributed by atoms with E-state index in [0.29, 0.717) is 0 Å². The Bertz CT molecular complexity index is 459. The molecule has 126 valence electrons. The highest BCUT2D eigenvalue weighted by molar-refractivity contribution is 14.0. The predicted octanol–water partition coefficient (Wildman–Crippen LogP) is 2.26. The van der Waals surface area contributed by atoms with Gasteiger partial charge in [0.05, 0.1) is 5.01 Å². The molecular formula is C15H28IN5S. The zero-order valence-electron chi connectivity index (χ0n) is 13.8. The van der Waals surface area contributed by atoms with Crippen molar-refractivity contribution in [1.82, 2.24) is 20.5 Å². The maximum Gasteiger partial charge on any atom is 0.191 e. The largest absolute Gasteiger partial charge is 0.356 e. The average molecular weight is 437 g/mol. The first-order valence-electron chi connectivity index (χ1n) is 7.82. The molecule has 1 fully saturated rings. The van der Waals surface area contributed by atoms with Crippen molar-refractivity contribution >= 4 is 41.3 Å². The number of aryl methyl sites for hydroxylation is 1. The van der Waals surface area contributed by atoms with Crippen LogP contribution < -0.4 is 10.6 Å². The van der Waals surface area contributed by atoms with Crippen LogP contribution in [0, 0.1) is 6.92 Å². The third-order valence-corrected chi connectivity index (χ3v) is 4.66. The molecular weight excluding hydrogens is 409 g/mol. The molecule has 0 aliphatic heterocycles. The lowest BCUT2D eigenvalue weighted by atomic mass is 10.4. The van der Waals surface area contributed by atoms with Gasteiger partial charge in [0.1, 0.15) is 0 Å². The number of likely N-dealkylation sites (N-methyl/N-ethyl adjacent to an activating group) is 1. The smallest absolute Gasteiger partial charge is 0.191 e. The van der Waals surface area contributed by atoms with Crippen LogP contribution in [0.15, 0.2) is 11.2 Å². The molecule has 7 heteroatoms. The van der Waals surface area contributed by atoms with Gasteiger partial charge in [-0.25, -0.2) is 4.98 Å². The normalized spacial score (nSPS) is 14.8. The van der Waals surface area contributed by atoms with E-state index in [0.717, 1.165) is 44.6 Å². The molecule has 1 aliphatic rings. The highest BCUT2D eigenvalue weighted by Gasteiger charge is 2.27. The average Bonchev–Trinajstić information content (AvgIpc) is 3.24. The van der Waals surface area contributed by atoms with E-state index in [4.69, 9.17) is 0 Å². The molecule has 0 saturated heterocycles. The summed E-state index contributed by atoms with van der Waals surface area (Å²) < 4.78 is 0. The van der Waals surface area contributed by atoms with Gasteiger partial charge in [-0.1, -0.05) is 6.92 Å². The Labute approximate surface area is 155 Å². The minimum Gasteiger partial charge on any atom is -0.356 e. The van der Waals surface area contributed by atoms with Gasteiger partial charge in [-0.05, 0) is 26.3 Å². The van der Waals surface area contributed by atoms with Crippen molar-refractivity contribution in [3.8, 4) is 0 Å². The Hall–Kier alpha value is -0.410. The number of aliphatic imine (C=N–C) groups is 1. The summed E-state index contributed by atoms with van der Waals surface area (Å²) >= 11 is 1.76. The fraction of sp³-hybridized carbons (Fsp3) is 0.733. The van der Waals surface area contributed by atoms with E-state index in [1.165, 1.54) is 22.7 Å². The zero-order chi connectivity index (χ0) is 15.1. The molecule has 0 bridgehead atoms. The van der Waals surface area contributed by atoms with Crippen molar-refractivity contribution < 1.29 is 0 Å². The second-order valence-electron chi connectivity index (χ2n) is 5.40. The van der Waals surface area contributed by atoms with Crippen LogP contribution in [0.5, 0.6) is 0 Å². The van der Waals surface area contributed by atoms with Gasteiger partial charge < -0.3 is 10.6 Å². The summed E-state index contributed by atoms with van der Waals surface area (Å²) in [6.07, 6.45) is 5.62. The maximum atomic E-state index is 4.37. The molecule has 1 aliphatic carbocycles. The van der Waals surface area contributed by atoms with Gasteiger partial charge in [0.2, 0.25) is 0 Å². The van der Waals surface area contributed by atoms with E-state index >= 15 is 0 Å². The summed E-state index contributed by atoms with van der Waals surface area (Å²) in [5.74, 6) is 0.884. The minimum absolute atomic E-state index is 0. The number of halogens is 1. The van der Waals surface area contributed by atoms with Crippen LogP contribution >= 0.6 is 35.3 Å². The highest BCUT2D eigenvalue weighted by Crippen LogP contribution is 2.25. The lowest BCUT2D eigenvalue weighted by molar-refractivity contribution is 0.282. The quantitative estimate of drug-likeness (QED) is 0.372. The van der Waals surface area contributed by atoms with Crippen molar-refractivity contribution in [3.05, 3.63) is 16.1 Å². The van der Waals surface area contributed by atoms with Crippen LogP contribution in [0.1, 0.15) is 29.7 Å². The fourth-order valence-corrected chi connectivity index (χ4v) is 3.17. The topological polar surface area (TPSA) is 52.5 Å². The van der Waals surface area contributed by atoms with E-state index in [1.54, 1.807) is 11.3 Å². The number of nitrogens with zero attached hydrogens (tertiary/aromatic N) is 3. The Morgan fingerprint density at radius 2 is 2.14 bits per heavy atom. The molecule has 5 nitrogen and oxygen atoms in total. The number of hydrogen-bond donors (Lipinski definition) is 2. The number of guanidine groups is 1. The van der Waals surface area contributed by atoms with Gasteiger partial charge in [-0.15, -0.1) is 35.3 Å². The zero-order valence-corrected chi connectivity index (χ0v) is 16.9. The summed E-state index contributed by atoms with van der Waals surface area (Å²) in [4.78, 5) is 12.5. The molecule has 1 aromatic rings. The summed E-state index contributed by atoms with van der Waals surface area (Å²) in [5.41, 5.74) is 0. The molecule has 0 radical (unpaired) electrons. The van der Waals surface area contributed by atoms with Crippen molar-refractivity contribution in [1.29, 1.82) is 0 Å². The number of hydrogen-bond acceptors (Lipinski definition) is 4. The molecule has 0 spiro atoms. The van der Waals surface area contributed by atoms with E-state index in [-0.39, 0.29) is 24.0 Å². The lowest BCUT2D eigenvalue weighted by Crippen LogP contribution is -2.42. The monoisotopic (exact) mass is 437 g/mol. The standard InChI is InChI=1S/C15H27N5S.HI/c1-4-20(13-5-6-13)10-9-18-15(16-3)17-8-7-14-19-11-12(2)21-14;/h11,13H,4-10H2,1-3H3,(H2,16,17,18);1H. The lowest BCUT2D eigenvalue weighted by Gasteiger charge is -2.20. The first kappa shape index (κ1) is 19.6. The van der Waals surface area contributed by atoms with Crippen LogP contribution in [0.4, 0.5) is 0 Å². The number of nitrogens with one attached hydrogen (secondary N) is 2. The first-order valence-corrected chi connectivity index (χ1v) is 8.64. The van der Waals surface area contributed by atoms with Gasteiger partial charge in [-0.2, -0.15) is 0 Å². The van der Waals surface area contributed by atoms with Crippen LogP contribution in [0.25, 0.3) is 0 Å². The van der Waals surface area contributed by atoms with Crippen LogP contribution in [-0.2, 0) is 6.42 Å². The molecule has 0 atom stereocenters. The number of aromatic nitrogens is 1. The Balaban J connectivity index is 0.00000242. The molecule has 0 aromatic carbocycles. The third-order valence-electron chi connectivity index (χ3n) is 3.68. The van der Waals surface area contributed by atoms with E-state index in [1.807, 2.05) is 13.2 Å². The van der Waals surface area contributed by atoms with Gasteiger partial charge in [0, 0.05) is 50.2 Å². The van der Waals surface area contributed by atoms with Gasteiger partial charge in [-0.3, -0.25) is 9.89 Å². The van der Waals surface area contributed by atoms with E-state index in [9.17, 15) is 0 Å². The van der Waals surface area contributed by atoms with Gasteiger partial charge in [0.15, 0.2) is 5.96 Å². The van der Waals surface area contributed by atoms with Gasteiger partial charge >= 0.3 is 0 Å². The molecule has 1 saturated carbocycles. The molecule has 0 amide bonds. The van der Waals surface area contributed by atoms with Crippen LogP contribution in [0.3, 0.4) is 0 Å². The summed E-state index contributed by atoms with van der Waals surface area (Å²) in [7, 11) is 1.82. The predicted molar refractivity (Wildman–Crippen MR) is 106 cm³/mol. The third kappa shape index (κ3) is 6.78. The Kier molecular flexibility index (Phi) is 9.27. The van der Waals surface area contributed by atoms with E-state index < -0.39 is 0 Å². The Morgan fingerprint density at radius 1 is 1.41 bits per heavy atom. The van der Waals surface area contributed by atoms with E-state index in [2.05, 4.69) is 39.4 Å². The van der Waals surface area contributed by atoms with Gasteiger partial charge in [0.25, 0.3) is 0 Å². The Morgan fingerprint density at radius 3 is 2.68 bits per heavy atom. The first-order chi connectivity index (χ1) is 10.2. The summed E-state index contributed by atoms with van der Waals surface area (Å²) in [6, 6.07) is 0.833. The second kappa shape index (κ2) is 10.4. The van der Waals surface area contributed by atoms with Crippen LogP contribution in [0.2, 0.25) is 0 Å². The van der Waals surface area contributed by atoms with Crippen molar-refractivity contribution in [3.63, 3.8) is 0 Å². The highest BCUT2D eigenvalue weighted by atomic mass is 127. The second-order valence-corrected chi connectivity index (χ2v) is 6.72. The fourth-order valence-electron chi connectivity index (χ4n) is 2.38. The SMILES string of the molecule is CCN(CCNC(=NC)NCCc1ncc(C)s1)C1CC1.I. The summed E-state index contributed by atoms with van der Waals surface area (Å²) in [6.45, 7) is 8.37. The number of rotatable bonds is 8. The van der Waals surface area contributed by atoms with Crippen molar-refractivity contribution in [2.75, 3.05) is 33.2 Å². The van der Waals surface area contributed by atoms with Crippen molar-refractivity contribution in [2.45, 2.75) is 39.2 Å². The molecule has 0 unspecified atom stereocenters. The minimum atomic E-state index is 0. The number of thiazole rings is 1. The molecule has 2 N–H and O–H groups in total. The van der Waals surface area contributed by atoms with Crippen LogP contribution in [-0.4, -0.2) is 55.1 Å². The maximum absolute atomic E-state index is 4.37. The van der Waals surface area contributed by atoms with Crippen molar-refractivity contribution in [2.24, 2.45) is 4.99 Å². The summed E-state index contributed by atoms with van der Waals surface area (Å²) in [5, 5.41) is 7.92.